The van der Waals surface area contributed by atoms with Crippen LogP contribution < -0.4 is 5.32 Å². The molecular weight excluding hydrogens is 421 g/mol. The molecule has 0 aliphatic carbocycles. The number of alkyl halides is 3. The first-order valence-corrected chi connectivity index (χ1v) is 10.6. The second-order valence-corrected chi connectivity index (χ2v) is 8.06. The summed E-state index contributed by atoms with van der Waals surface area (Å²) in [6.45, 7) is 0.707. The van der Waals surface area contributed by atoms with Gasteiger partial charge in [0.1, 0.15) is 0 Å². The molecule has 7 heteroatoms. The lowest BCUT2D eigenvalue weighted by molar-refractivity contribution is -0.137. The summed E-state index contributed by atoms with van der Waals surface area (Å²) in [7, 11) is 0. The lowest BCUT2D eigenvalue weighted by atomic mass is 10.2. The number of hydrogen-bond donors (Lipinski definition) is 1. The fraction of sp³-hybridized carbons (Fsp3) is 0.125. The van der Waals surface area contributed by atoms with Crippen LogP contribution in [-0.4, -0.2) is 16.2 Å². The van der Waals surface area contributed by atoms with Gasteiger partial charge in [-0.05, 0) is 29.8 Å². The second kappa shape index (κ2) is 8.89. The van der Waals surface area contributed by atoms with Crippen molar-refractivity contribution >= 4 is 34.3 Å². The van der Waals surface area contributed by atoms with Crippen LogP contribution in [0.2, 0.25) is 0 Å². The number of hydrogen-bond acceptors (Lipinski definition) is 2. The van der Waals surface area contributed by atoms with Crippen LogP contribution in [0.15, 0.2) is 90.0 Å². The van der Waals surface area contributed by atoms with E-state index in [1.165, 1.54) is 29.5 Å². The minimum Gasteiger partial charge on any atom is -0.342 e. The molecule has 0 bridgehead atoms. The third-order valence-corrected chi connectivity index (χ3v) is 5.82. The average molecular weight is 440 g/mol. The summed E-state index contributed by atoms with van der Waals surface area (Å²) in [5.41, 5.74) is 1.57. The number of para-hydroxylation sites is 1. The lowest BCUT2D eigenvalue weighted by Crippen LogP contribution is -2.15. The number of amides is 1. The van der Waals surface area contributed by atoms with Crippen LogP contribution in [0.3, 0.4) is 0 Å². The molecule has 0 saturated carbocycles. The Hall–Kier alpha value is -3.19. The van der Waals surface area contributed by atoms with Gasteiger partial charge in [-0.15, -0.1) is 11.8 Å². The maximum absolute atomic E-state index is 12.9. The first-order chi connectivity index (χ1) is 14.9. The Labute approximate surface area is 181 Å². The van der Waals surface area contributed by atoms with E-state index in [-0.39, 0.29) is 17.3 Å². The van der Waals surface area contributed by atoms with E-state index in [0.29, 0.717) is 6.54 Å². The summed E-state index contributed by atoms with van der Waals surface area (Å²) < 4.78 is 40.7. The number of nitrogens with one attached hydrogen (secondary N) is 1. The number of halogens is 3. The number of carbonyl (C=O) groups is 1. The van der Waals surface area contributed by atoms with Crippen LogP contribution in [0.4, 0.5) is 18.9 Å². The van der Waals surface area contributed by atoms with Crippen LogP contribution in [-0.2, 0) is 17.5 Å². The second-order valence-electron chi connectivity index (χ2n) is 7.04. The van der Waals surface area contributed by atoms with Crippen LogP contribution in [0.5, 0.6) is 0 Å². The smallest absolute Gasteiger partial charge is 0.342 e. The molecule has 0 aliphatic heterocycles. The molecule has 4 rings (SSSR count). The van der Waals surface area contributed by atoms with E-state index in [1.807, 2.05) is 48.7 Å². The molecule has 1 amide bonds. The molecule has 1 aromatic heterocycles. The van der Waals surface area contributed by atoms with Crippen molar-refractivity contribution in [2.24, 2.45) is 0 Å². The quantitative estimate of drug-likeness (QED) is 0.350. The number of aromatic nitrogens is 1. The highest BCUT2D eigenvalue weighted by Crippen LogP contribution is 2.32. The third kappa shape index (κ3) is 5.11. The van der Waals surface area contributed by atoms with Gasteiger partial charge in [-0.2, -0.15) is 13.2 Å². The highest BCUT2D eigenvalue weighted by molar-refractivity contribution is 8.00. The summed E-state index contributed by atoms with van der Waals surface area (Å²) in [6, 6.07) is 22.7. The van der Waals surface area contributed by atoms with Gasteiger partial charge in [-0.3, -0.25) is 4.79 Å². The van der Waals surface area contributed by atoms with Crippen LogP contribution in [0, 0.1) is 0 Å². The molecule has 0 atom stereocenters. The summed E-state index contributed by atoms with van der Waals surface area (Å²) in [4.78, 5) is 13.3. The highest BCUT2D eigenvalue weighted by Gasteiger charge is 2.30. The first kappa shape index (κ1) is 21.1. The van der Waals surface area contributed by atoms with Crippen LogP contribution >= 0.6 is 11.8 Å². The predicted molar refractivity (Wildman–Crippen MR) is 118 cm³/mol. The predicted octanol–water partition coefficient (Wildman–Crippen LogP) is 6.44. The zero-order valence-corrected chi connectivity index (χ0v) is 17.2. The Bertz CT molecular complexity index is 1200. The van der Waals surface area contributed by atoms with Gasteiger partial charge in [0.25, 0.3) is 0 Å². The van der Waals surface area contributed by atoms with E-state index in [1.54, 1.807) is 0 Å². The van der Waals surface area contributed by atoms with E-state index < -0.39 is 11.7 Å². The van der Waals surface area contributed by atoms with Crippen molar-refractivity contribution < 1.29 is 18.0 Å². The fourth-order valence-electron chi connectivity index (χ4n) is 3.35. The molecule has 1 heterocycles. The topological polar surface area (TPSA) is 34.0 Å². The third-order valence-electron chi connectivity index (χ3n) is 4.78. The molecule has 0 unspecified atom stereocenters. The zero-order chi connectivity index (χ0) is 21.8. The zero-order valence-electron chi connectivity index (χ0n) is 16.4. The SMILES string of the molecule is O=C(CSc1cn(Cc2ccccc2)c2ccccc12)Nc1cccc(C(F)(F)F)c1. The minimum atomic E-state index is -4.45. The Balaban J connectivity index is 1.47. The number of anilines is 1. The molecule has 0 radical (unpaired) electrons. The molecule has 3 aromatic carbocycles. The molecule has 1 N–H and O–H groups in total. The van der Waals surface area contributed by atoms with Crippen LogP contribution in [0.25, 0.3) is 10.9 Å². The van der Waals surface area contributed by atoms with Crippen LogP contribution in [0.1, 0.15) is 11.1 Å². The minimum absolute atomic E-state index is 0.0928. The molecule has 0 spiro atoms. The van der Waals surface area contributed by atoms with E-state index in [2.05, 4.69) is 22.0 Å². The number of carbonyl (C=O) groups excluding carboxylic acids is 1. The molecule has 3 nitrogen and oxygen atoms in total. The number of nitrogens with zero attached hydrogens (tertiary/aromatic N) is 1. The summed E-state index contributed by atoms with van der Waals surface area (Å²) in [6.07, 6.45) is -2.43. The lowest BCUT2D eigenvalue weighted by Gasteiger charge is -2.09. The number of fused-ring (bicyclic) bond motifs is 1. The van der Waals surface area contributed by atoms with Gasteiger partial charge in [0.05, 0.1) is 11.3 Å². The molecule has 158 valence electrons. The summed E-state index contributed by atoms with van der Waals surface area (Å²) in [5.74, 6) is -0.264. The molecule has 0 aliphatic rings. The van der Waals surface area contributed by atoms with Gasteiger partial charge in [-0.25, -0.2) is 0 Å². The number of thioether (sulfide) groups is 1. The maximum Gasteiger partial charge on any atom is 0.416 e. The average Bonchev–Trinajstić information content (AvgIpc) is 3.10. The monoisotopic (exact) mass is 440 g/mol. The maximum atomic E-state index is 12.9. The first-order valence-electron chi connectivity index (χ1n) is 9.62. The van der Waals surface area contributed by atoms with E-state index in [4.69, 9.17) is 0 Å². The molecule has 31 heavy (non-hydrogen) atoms. The highest BCUT2D eigenvalue weighted by atomic mass is 32.2. The van der Waals surface area contributed by atoms with Gasteiger partial charge in [0, 0.05) is 34.2 Å². The van der Waals surface area contributed by atoms with Gasteiger partial charge in [0.2, 0.25) is 5.91 Å². The standard InChI is InChI=1S/C24H19F3N2OS/c25-24(26,27)18-9-6-10-19(13-18)28-23(30)16-31-22-15-29(14-17-7-2-1-3-8-17)21-12-5-4-11-20(21)22/h1-13,15H,14,16H2,(H,28,30). The van der Waals surface area contributed by atoms with E-state index in [0.717, 1.165) is 27.9 Å². The van der Waals surface area contributed by atoms with Crippen molar-refractivity contribution in [3.05, 3.63) is 96.2 Å². The van der Waals surface area contributed by atoms with Gasteiger partial charge in [0.15, 0.2) is 0 Å². The van der Waals surface area contributed by atoms with Crippen molar-refractivity contribution in [1.29, 1.82) is 0 Å². The molecular formula is C24H19F3N2OS. The van der Waals surface area contributed by atoms with Crippen molar-refractivity contribution in [2.75, 3.05) is 11.1 Å². The van der Waals surface area contributed by atoms with E-state index >= 15 is 0 Å². The van der Waals surface area contributed by atoms with Gasteiger partial charge in [-0.1, -0.05) is 54.6 Å². The van der Waals surface area contributed by atoms with Gasteiger partial charge < -0.3 is 9.88 Å². The Kier molecular flexibility index (Phi) is 6.04. The Morgan fingerprint density at radius 2 is 1.68 bits per heavy atom. The number of benzene rings is 3. The molecule has 4 aromatic rings. The largest absolute Gasteiger partial charge is 0.416 e. The van der Waals surface area contributed by atoms with E-state index in [9.17, 15) is 18.0 Å². The Morgan fingerprint density at radius 3 is 2.45 bits per heavy atom. The fourth-order valence-corrected chi connectivity index (χ4v) is 4.24. The van der Waals surface area contributed by atoms with Crippen molar-refractivity contribution in [3.63, 3.8) is 0 Å². The van der Waals surface area contributed by atoms with Crippen molar-refractivity contribution in [2.45, 2.75) is 17.6 Å². The normalized spacial score (nSPS) is 11.6. The molecule has 0 saturated heterocycles. The number of rotatable bonds is 6. The molecule has 0 fully saturated rings. The van der Waals surface area contributed by atoms with Gasteiger partial charge >= 0.3 is 6.18 Å². The van der Waals surface area contributed by atoms with Crippen molar-refractivity contribution in [1.82, 2.24) is 4.57 Å². The summed E-state index contributed by atoms with van der Waals surface area (Å²) >= 11 is 1.36. The summed E-state index contributed by atoms with van der Waals surface area (Å²) in [5, 5.41) is 3.59. The van der Waals surface area contributed by atoms with Crippen molar-refractivity contribution in [3.8, 4) is 0 Å². The Morgan fingerprint density at radius 1 is 0.935 bits per heavy atom.